The van der Waals surface area contributed by atoms with Crippen LogP contribution in [0.25, 0.3) is 10.8 Å². The van der Waals surface area contributed by atoms with Crippen LogP contribution in [0, 0.1) is 5.92 Å². The van der Waals surface area contributed by atoms with E-state index in [0.29, 0.717) is 36.1 Å². The second kappa shape index (κ2) is 9.84. The minimum Gasteiger partial charge on any atom is -0.454 e. The predicted molar refractivity (Wildman–Crippen MR) is 139 cm³/mol. The number of piperidine rings is 1. The second-order valence-corrected chi connectivity index (χ2v) is 10.2. The maximum Gasteiger partial charge on any atom is 0.254 e. The van der Waals surface area contributed by atoms with Crippen LogP contribution in [0.5, 0.6) is 11.5 Å². The van der Waals surface area contributed by atoms with E-state index in [0.717, 1.165) is 47.2 Å². The van der Waals surface area contributed by atoms with E-state index in [2.05, 4.69) is 10.2 Å². The summed E-state index contributed by atoms with van der Waals surface area (Å²) in [6.07, 6.45) is 7.84. The average Bonchev–Trinajstić information content (AvgIpc) is 3.40. The summed E-state index contributed by atoms with van der Waals surface area (Å²) in [5.41, 5.74) is 2.38. The Labute approximate surface area is 211 Å². The van der Waals surface area contributed by atoms with Crippen molar-refractivity contribution >= 4 is 22.6 Å². The van der Waals surface area contributed by atoms with Crippen LogP contribution in [0.15, 0.2) is 54.6 Å². The van der Waals surface area contributed by atoms with Crippen molar-refractivity contribution in [1.29, 1.82) is 0 Å². The number of ether oxygens (including phenoxy) is 2. The van der Waals surface area contributed by atoms with Crippen LogP contribution in [0.1, 0.15) is 64.8 Å². The van der Waals surface area contributed by atoms with Gasteiger partial charge in [-0.3, -0.25) is 9.59 Å². The summed E-state index contributed by atoms with van der Waals surface area (Å²) in [5.74, 6) is 2.12. The fourth-order valence-corrected chi connectivity index (χ4v) is 6.23. The Bertz CT molecular complexity index is 1300. The van der Waals surface area contributed by atoms with Gasteiger partial charge in [-0.25, -0.2) is 0 Å². The van der Waals surface area contributed by atoms with Crippen molar-refractivity contribution in [3.8, 4) is 11.5 Å². The zero-order valence-corrected chi connectivity index (χ0v) is 20.5. The van der Waals surface area contributed by atoms with Crippen LogP contribution in [0.4, 0.5) is 0 Å². The molecule has 2 heterocycles. The quantitative estimate of drug-likeness (QED) is 0.531. The highest BCUT2D eigenvalue weighted by Crippen LogP contribution is 2.37. The predicted octanol–water partition coefficient (Wildman–Crippen LogP) is 5.34. The summed E-state index contributed by atoms with van der Waals surface area (Å²) in [5, 5.41) is 4.72. The highest BCUT2D eigenvalue weighted by molar-refractivity contribution is 6.14. The summed E-state index contributed by atoms with van der Waals surface area (Å²) in [6, 6.07) is 17.7. The lowest BCUT2D eigenvalue weighted by Gasteiger charge is -2.44. The number of hydrogen-bond acceptors (Lipinski definition) is 4. The molecule has 186 valence electrons. The Hall–Kier alpha value is -3.54. The fourth-order valence-electron chi connectivity index (χ4n) is 6.23. The van der Waals surface area contributed by atoms with E-state index in [4.69, 9.17) is 9.47 Å². The van der Waals surface area contributed by atoms with E-state index in [9.17, 15) is 9.59 Å². The zero-order valence-electron chi connectivity index (χ0n) is 20.5. The van der Waals surface area contributed by atoms with Gasteiger partial charge in [0.1, 0.15) is 0 Å². The molecule has 0 aromatic heterocycles. The molecule has 2 atom stereocenters. The lowest BCUT2D eigenvalue weighted by Crippen LogP contribution is -2.49. The zero-order chi connectivity index (χ0) is 24.5. The second-order valence-electron chi connectivity index (χ2n) is 10.2. The third kappa shape index (κ3) is 4.29. The standard InChI is InChI=1S/C30H32N2O4/c33-29(31-16-15-20-11-14-27-28(18-20)36-19-35-27)24-12-13-25(23-9-3-2-8-22(23)24)30(34)32-17-5-7-21-6-1-4-10-26(21)32/h2-3,8-9,11-14,18,21,26H,1,4-7,10,15-17,19H2,(H,31,33)/t21-,26-/m0/s1. The summed E-state index contributed by atoms with van der Waals surface area (Å²) in [4.78, 5) is 29.0. The van der Waals surface area contributed by atoms with Gasteiger partial charge in [0.2, 0.25) is 6.79 Å². The van der Waals surface area contributed by atoms with Crippen LogP contribution >= 0.6 is 0 Å². The summed E-state index contributed by atoms with van der Waals surface area (Å²) >= 11 is 0. The van der Waals surface area contributed by atoms with E-state index in [1.54, 1.807) is 0 Å². The van der Waals surface area contributed by atoms with Gasteiger partial charge >= 0.3 is 0 Å². The maximum atomic E-state index is 13.8. The molecular formula is C30H32N2O4. The van der Waals surface area contributed by atoms with Crippen molar-refractivity contribution in [3.63, 3.8) is 0 Å². The van der Waals surface area contributed by atoms with E-state index < -0.39 is 0 Å². The van der Waals surface area contributed by atoms with Crippen LogP contribution in [-0.2, 0) is 6.42 Å². The molecule has 0 radical (unpaired) electrons. The van der Waals surface area contributed by atoms with E-state index in [1.807, 2.05) is 54.6 Å². The molecule has 2 aliphatic heterocycles. The van der Waals surface area contributed by atoms with Gasteiger partial charge in [0, 0.05) is 30.3 Å². The molecule has 2 fully saturated rings. The molecule has 0 unspecified atom stereocenters. The molecule has 36 heavy (non-hydrogen) atoms. The first-order valence-corrected chi connectivity index (χ1v) is 13.2. The number of likely N-dealkylation sites (tertiary alicyclic amines) is 1. The fraction of sp³-hybridized carbons (Fsp3) is 0.400. The highest BCUT2D eigenvalue weighted by atomic mass is 16.7. The van der Waals surface area contributed by atoms with Gasteiger partial charge in [0.15, 0.2) is 11.5 Å². The van der Waals surface area contributed by atoms with Crippen LogP contribution in [-0.4, -0.2) is 42.6 Å². The number of benzene rings is 3. The summed E-state index contributed by atoms with van der Waals surface area (Å²) in [6.45, 7) is 1.58. The molecule has 0 spiro atoms. The monoisotopic (exact) mass is 484 g/mol. The van der Waals surface area contributed by atoms with Crippen molar-refractivity contribution in [1.82, 2.24) is 10.2 Å². The SMILES string of the molecule is O=C(NCCc1ccc2c(c1)OCO2)c1ccc(C(=O)N2CCC[C@@H]3CCCC[C@@H]32)c2ccccc12. The van der Waals surface area contributed by atoms with Gasteiger partial charge < -0.3 is 19.7 Å². The van der Waals surface area contributed by atoms with Crippen LogP contribution in [0.3, 0.4) is 0 Å². The number of carbonyl (C=O) groups excluding carboxylic acids is 2. The number of carbonyl (C=O) groups is 2. The van der Waals surface area contributed by atoms with Crippen molar-refractivity contribution in [3.05, 3.63) is 71.3 Å². The molecule has 6 heteroatoms. The van der Waals surface area contributed by atoms with Gasteiger partial charge in [-0.15, -0.1) is 0 Å². The molecule has 2 amide bonds. The molecule has 1 saturated heterocycles. The Kier molecular flexibility index (Phi) is 6.26. The number of nitrogens with one attached hydrogen (secondary N) is 1. The molecule has 0 bridgehead atoms. The third-order valence-electron chi connectivity index (χ3n) is 8.04. The first-order chi connectivity index (χ1) is 17.7. The number of fused-ring (bicyclic) bond motifs is 3. The summed E-state index contributed by atoms with van der Waals surface area (Å²) < 4.78 is 10.8. The number of rotatable bonds is 5. The lowest BCUT2D eigenvalue weighted by atomic mass is 9.78. The molecule has 1 saturated carbocycles. The Balaban J connectivity index is 1.19. The minimum absolute atomic E-state index is 0.109. The van der Waals surface area contributed by atoms with Crippen molar-refractivity contribution in [2.75, 3.05) is 19.9 Å². The smallest absolute Gasteiger partial charge is 0.254 e. The molecule has 6 nitrogen and oxygen atoms in total. The highest BCUT2D eigenvalue weighted by Gasteiger charge is 2.36. The maximum absolute atomic E-state index is 13.8. The molecule has 3 aromatic carbocycles. The van der Waals surface area contributed by atoms with Gasteiger partial charge in [0.25, 0.3) is 11.8 Å². The molecule has 1 N–H and O–H groups in total. The van der Waals surface area contributed by atoms with E-state index in [-0.39, 0.29) is 18.6 Å². The van der Waals surface area contributed by atoms with Gasteiger partial charge in [-0.2, -0.15) is 0 Å². The van der Waals surface area contributed by atoms with E-state index >= 15 is 0 Å². The van der Waals surface area contributed by atoms with Crippen molar-refractivity contribution < 1.29 is 19.1 Å². The topological polar surface area (TPSA) is 67.9 Å². The average molecular weight is 485 g/mol. The first-order valence-electron chi connectivity index (χ1n) is 13.2. The Morgan fingerprint density at radius 2 is 1.61 bits per heavy atom. The number of nitrogens with zero attached hydrogens (tertiary/aromatic N) is 1. The van der Waals surface area contributed by atoms with Crippen molar-refractivity contribution in [2.24, 2.45) is 5.92 Å². The van der Waals surface area contributed by atoms with Gasteiger partial charge in [-0.1, -0.05) is 43.2 Å². The third-order valence-corrected chi connectivity index (χ3v) is 8.04. The van der Waals surface area contributed by atoms with Crippen LogP contribution < -0.4 is 14.8 Å². The van der Waals surface area contributed by atoms with Gasteiger partial charge in [-0.05, 0) is 78.6 Å². The Morgan fingerprint density at radius 1 is 0.861 bits per heavy atom. The molecule has 3 aliphatic rings. The van der Waals surface area contributed by atoms with Crippen LogP contribution in [0.2, 0.25) is 0 Å². The van der Waals surface area contributed by atoms with Gasteiger partial charge in [0.05, 0.1) is 0 Å². The largest absolute Gasteiger partial charge is 0.454 e. The minimum atomic E-state index is -0.128. The molecule has 3 aromatic rings. The normalized spacial score (nSPS) is 20.7. The first kappa shape index (κ1) is 22.9. The number of amides is 2. The Morgan fingerprint density at radius 3 is 2.50 bits per heavy atom. The number of hydrogen-bond donors (Lipinski definition) is 1. The van der Waals surface area contributed by atoms with E-state index in [1.165, 1.54) is 25.7 Å². The molecular weight excluding hydrogens is 452 g/mol. The lowest BCUT2D eigenvalue weighted by molar-refractivity contribution is 0.0392. The van der Waals surface area contributed by atoms with Crippen molar-refractivity contribution in [2.45, 2.75) is 51.0 Å². The molecule has 6 rings (SSSR count). The summed E-state index contributed by atoms with van der Waals surface area (Å²) in [7, 11) is 0. The molecule has 1 aliphatic carbocycles.